The summed E-state index contributed by atoms with van der Waals surface area (Å²) in [5.41, 5.74) is 9.03. The molecule has 0 atom stereocenters. The van der Waals surface area contributed by atoms with Crippen LogP contribution in [0.25, 0.3) is 27.5 Å². The molecule has 6 rings (SSSR count). The zero-order valence-corrected chi connectivity index (χ0v) is 22.8. The van der Waals surface area contributed by atoms with Crippen molar-refractivity contribution in [3.63, 3.8) is 0 Å². The predicted octanol–water partition coefficient (Wildman–Crippen LogP) is 5.79. The van der Waals surface area contributed by atoms with E-state index >= 15 is 0 Å². The van der Waals surface area contributed by atoms with Crippen molar-refractivity contribution in [1.82, 2.24) is 14.3 Å². The Bertz CT molecular complexity index is 1910. The number of fused-ring (bicyclic) bond motifs is 3. The Kier molecular flexibility index (Phi) is 6.68. The summed E-state index contributed by atoms with van der Waals surface area (Å²) in [7, 11) is 4.76. The number of methoxy groups -OCH3 is 3. The number of nitrogen functional groups attached to an aromatic ring is 1. The number of para-hydroxylation sites is 1. The first-order valence-corrected chi connectivity index (χ1v) is 12.9. The van der Waals surface area contributed by atoms with Crippen molar-refractivity contribution < 1.29 is 18.9 Å². The van der Waals surface area contributed by atoms with Gasteiger partial charge in [-0.25, -0.2) is 4.68 Å². The van der Waals surface area contributed by atoms with E-state index in [1.165, 1.54) is 0 Å². The van der Waals surface area contributed by atoms with Crippen molar-refractivity contribution in [2.75, 3.05) is 27.1 Å². The number of ether oxygens (including phenoxy) is 4. The quantitative estimate of drug-likeness (QED) is 0.257. The fourth-order valence-corrected chi connectivity index (χ4v) is 4.91. The lowest BCUT2D eigenvalue weighted by atomic mass is 10.1. The van der Waals surface area contributed by atoms with Crippen LogP contribution in [0.2, 0.25) is 0 Å². The monoisotopic (exact) mass is 548 g/mol. The van der Waals surface area contributed by atoms with E-state index in [1.807, 2.05) is 84.9 Å². The van der Waals surface area contributed by atoms with Gasteiger partial charge in [0.15, 0.2) is 0 Å². The smallest absolute Gasteiger partial charge is 0.264 e. The molecule has 9 heteroatoms. The van der Waals surface area contributed by atoms with Crippen molar-refractivity contribution >= 4 is 27.6 Å². The van der Waals surface area contributed by atoms with E-state index in [0.717, 1.165) is 17.1 Å². The van der Waals surface area contributed by atoms with Gasteiger partial charge in [0.1, 0.15) is 45.5 Å². The van der Waals surface area contributed by atoms with E-state index in [-0.39, 0.29) is 11.4 Å². The van der Waals surface area contributed by atoms with Gasteiger partial charge in [-0.05, 0) is 54.1 Å². The second kappa shape index (κ2) is 10.6. The molecule has 0 aliphatic carbocycles. The summed E-state index contributed by atoms with van der Waals surface area (Å²) < 4.78 is 25.7. The average molecular weight is 549 g/mol. The number of pyridine rings is 1. The number of benzene rings is 4. The van der Waals surface area contributed by atoms with E-state index in [0.29, 0.717) is 51.3 Å². The first-order chi connectivity index (χ1) is 20.0. The molecule has 0 unspecified atom stereocenters. The van der Waals surface area contributed by atoms with Crippen LogP contribution in [0, 0.1) is 0 Å². The van der Waals surface area contributed by atoms with E-state index < -0.39 is 0 Å². The zero-order valence-electron chi connectivity index (χ0n) is 22.8. The third-order valence-corrected chi connectivity index (χ3v) is 6.98. The maximum atomic E-state index is 14.1. The second-order valence-corrected chi connectivity index (χ2v) is 9.39. The van der Waals surface area contributed by atoms with Gasteiger partial charge < -0.3 is 29.2 Å². The Morgan fingerprint density at radius 3 is 2.05 bits per heavy atom. The SMILES string of the molecule is COc1ccc(Cn2c(=O)c3c(N)n(-c4ccc(Oc5ccccc5)cc4)nc3c3c(OC)cc(OC)cc32)cc1. The van der Waals surface area contributed by atoms with Crippen LogP contribution in [0.4, 0.5) is 5.82 Å². The topological polar surface area (TPSA) is 103 Å². The molecule has 6 aromatic rings. The van der Waals surface area contributed by atoms with Crippen LogP contribution < -0.4 is 30.2 Å². The number of aromatic nitrogens is 3. The molecule has 0 radical (unpaired) electrons. The van der Waals surface area contributed by atoms with Gasteiger partial charge >= 0.3 is 0 Å². The van der Waals surface area contributed by atoms with Crippen LogP contribution in [0.1, 0.15) is 5.56 Å². The first kappa shape index (κ1) is 25.8. The molecule has 41 heavy (non-hydrogen) atoms. The average Bonchev–Trinajstić information content (AvgIpc) is 3.36. The summed E-state index contributed by atoms with van der Waals surface area (Å²) in [5, 5.41) is 5.78. The molecule has 0 aliphatic rings. The molecule has 2 N–H and O–H groups in total. The van der Waals surface area contributed by atoms with Crippen molar-refractivity contribution in [2.45, 2.75) is 6.54 Å². The summed E-state index contributed by atoms with van der Waals surface area (Å²) in [4.78, 5) is 14.1. The van der Waals surface area contributed by atoms with Crippen molar-refractivity contribution in [2.24, 2.45) is 0 Å². The molecular formula is C32H28N4O5. The largest absolute Gasteiger partial charge is 0.497 e. The summed E-state index contributed by atoms with van der Waals surface area (Å²) in [6, 6.07) is 28.0. The van der Waals surface area contributed by atoms with Gasteiger partial charge in [0.2, 0.25) is 0 Å². The third kappa shape index (κ3) is 4.67. The van der Waals surface area contributed by atoms with Gasteiger partial charge in [-0.2, -0.15) is 5.10 Å². The molecule has 0 saturated carbocycles. The number of hydrogen-bond acceptors (Lipinski definition) is 7. The molecule has 0 amide bonds. The highest BCUT2D eigenvalue weighted by molar-refractivity contribution is 6.10. The molecule has 4 aromatic carbocycles. The Labute approximate surface area is 235 Å². The van der Waals surface area contributed by atoms with E-state index in [4.69, 9.17) is 29.8 Å². The van der Waals surface area contributed by atoms with Gasteiger partial charge in [0.05, 0.1) is 44.5 Å². The Balaban J connectivity index is 1.52. The maximum Gasteiger partial charge on any atom is 0.264 e. The van der Waals surface area contributed by atoms with Gasteiger partial charge in [0, 0.05) is 12.1 Å². The highest BCUT2D eigenvalue weighted by Gasteiger charge is 2.23. The highest BCUT2D eigenvalue weighted by atomic mass is 16.5. The molecule has 0 spiro atoms. The minimum Gasteiger partial charge on any atom is -0.497 e. The second-order valence-electron chi connectivity index (χ2n) is 9.39. The van der Waals surface area contributed by atoms with Gasteiger partial charge in [-0.15, -0.1) is 0 Å². The van der Waals surface area contributed by atoms with Crippen molar-refractivity contribution in [1.29, 1.82) is 0 Å². The Hall–Kier alpha value is -5.44. The standard InChI is InChI=1S/C32H28N4O5/c1-38-22-13-9-20(10-14-22)19-35-26-17-25(39-2)18-27(40-3)28(26)30-29(32(35)37)31(33)36(34-30)21-11-15-24(16-12-21)41-23-7-5-4-6-8-23/h4-18H,19,33H2,1-3H3. The van der Waals surface area contributed by atoms with Crippen LogP contribution in [-0.2, 0) is 6.54 Å². The molecule has 2 heterocycles. The van der Waals surface area contributed by atoms with Crippen molar-refractivity contribution in [3.8, 4) is 34.4 Å². The zero-order chi connectivity index (χ0) is 28.5. The molecule has 2 aromatic heterocycles. The normalized spacial score (nSPS) is 11.1. The molecule has 9 nitrogen and oxygen atoms in total. The number of nitrogens with zero attached hydrogens (tertiary/aromatic N) is 3. The van der Waals surface area contributed by atoms with Crippen LogP contribution >= 0.6 is 0 Å². The number of anilines is 1. The van der Waals surface area contributed by atoms with Crippen LogP contribution in [0.5, 0.6) is 28.7 Å². The van der Waals surface area contributed by atoms with E-state index in [9.17, 15) is 4.79 Å². The number of rotatable bonds is 8. The minimum absolute atomic E-state index is 0.227. The number of nitrogens with two attached hydrogens (primary N) is 1. The number of hydrogen-bond donors (Lipinski definition) is 1. The minimum atomic E-state index is -0.272. The van der Waals surface area contributed by atoms with Gasteiger partial charge in [-0.1, -0.05) is 30.3 Å². The molecular weight excluding hydrogens is 520 g/mol. The first-order valence-electron chi connectivity index (χ1n) is 12.9. The lowest BCUT2D eigenvalue weighted by Crippen LogP contribution is -2.22. The van der Waals surface area contributed by atoms with E-state index in [2.05, 4.69) is 0 Å². The molecule has 0 saturated heterocycles. The molecule has 0 bridgehead atoms. The van der Waals surface area contributed by atoms with E-state index in [1.54, 1.807) is 36.6 Å². The lowest BCUT2D eigenvalue weighted by molar-refractivity contribution is 0.397. The summed E-state index contributed by atoms with van der Waals surface area (Å²) in [5.74, 6) is 3.43. The third-order valence-electron chi connectivity index (χ3n) is 6.98. The molecule has 0 aliphatic heterocycles. The van der Waals surface area contributed by atoms with Gasteiger partial charge in [-0.3, -0.25) is 4.79 Å². The predicted molar refractivity (Wildman–Crippen MR) is 159 cm³/mol. The van der Waals surface area contributed by atoms with Crippen molar-refractivity contribution in [3.05, 3.63) is 107 Å². The summed E-state index contributed by atoms with van der Waals surface area (Å²) in [6.07, 6.45) is 0. The summed E-state index contributed by atoms with van der Waals surface area (Å²) >= 11 is 0. The highest BCUT2D eigenvalue weighted by Crippen LogP contribution is 2.37. The van der Waals surface area contributed by atoms with Gasteiger partial charge in [0.25, 0.3) is 5.56 Å². The van der Waals surface area contributed by atoms with Crippen LogP contribution in [0.3, 0.4) is 0 Å². The summed E-state index contributed by atoms with van der Waals surface area (Å²) in [6.45, 7) is 0.293. The Morgan fingerprint density at radius 2 is 1.39 bits per heavy atom. The molecule has 0 fully saturated rings. The fraction of sp³-hybridized carbons (Fsp3) is 0.125. The Morgan fingerprint density at radius 1 is 0.732 bits per heavy atom. The van der Waals surface area contributed by atoms with Crippen LogP contribution in [0.15, 0.2) is 95.8 Å². The molecule has 206 valence electrons. The maximum absolute atomic E-state index is 14.1. The van der Waals surface area contributed by atoms with Crippen LogP contribution in [-0.4, -0.2) is 35.7 Å². The fourth-order valence-electron chi connectivity index (χ4n) is 4.91. The lowest BCUT2D eigenvalue weighted by Gasteiger charge is -2.15.